The van der Waals surface area contributed by atoms with Crippen molar-refractivity contribution in [2.45, 2.75) is 31.7 Å². The molecule has 2 heterocycles. The third-order valence-corrected chi connectivity index (χ3v) is 6.20. The number of Topliss-reactive ketones (excluding diaryl/α,β-unsaturated/α-hetero) is 1. The monoisotopic (exact) mass is 428 g/mol. The van der Waals surface area contributed by atoms with Gasteiger partial charge in [-0.15, -0.1) is 0 Å². The molecule has 0 spiro atoms. The van der Waals surface area contributed by atoms with Crippen LogP contribution in [0.2, 0.25) is 0 Å². The number of para-hydroxylation sites is 2. The summed E-state index contributed by atoms with van der Waals surface area (Å²) in [5.41, 5.74) is 3.87. The number of methoxy groups -OCH3 is 1. The average molecular weight is 428 g/mol. The van der Waals surface area contributed by atoms with Crippen LogP contribution in [0.1, 0.15) is 43.0 Å². The Bertz CT molecular complexity index is 1190. The van der Waals surface area contributed by atoms with E-state index in [0.29, 0.717) is 18.4 Å². The summed E-state index contributed by atoms with van der Waals surface area (Å²) >= 11 is 0. The number of hydrogen-bond acceptors (Lipinski definition) is 5. The van der Waals surface area contributed by atoms with Gasteiger partial charge in [0.05, 0.1) is 30.8 Å². The van der Waals surface area contributed by atoms with Crippen molar-refractivity contribution >= 4 is 23.1 Å². The highest BCUT2D eigenvalue weighted by atomic mass is 16.5. The predicted molar refractivity (Wildman–Crippen MR) is 122 cm³/mol. The summed E-state index contributed by atoms with van der Waals surface area (Å²) in [6.45, 7) is 1.54. The van der Waals surface area contributed by atoms with Gasteiger partial charge in [0.1, 0.15) is 11.5 Å². The van der Waals surface area contributed by atoms with Crippen molar-refractivity contribution in [2.75, 3.05) is 17.3 Å². The third kappa shape index (κ3) is 3.38. The molecule has 162 valence electrons. The largest absolute Gasteiger partial charge is 0.497 e. The highest BCUT2D eigenvalue weighted by Crippen LogP contribution is 2.47. The summed E-state index contributed by atoms with van der Waals surface area (Å²) in [6, 6.07) is 18.5. The van der Waals surface area contributed by atoms with E-state index in [9.17, 15) is 9.59 Å². The van der Waals surface area contributed by atoms with Crippen molar-refractivity contribution in [1.29, 1.82) is 0 Å². The SMILES string of the molecule is COc1ccc([C@H]2C3=C(C[C@H](c4ccco4)CC3=O)Nc3ccccc3N2C(C)=O)cc1. The minimum Gasteiger partial charge on any atom is -0.497 e. The van der Waals surface area contributed by atoms with E-state index in [1.54, 1.807) is 18.3 Å². The van der Waals surface area contributed by atoms with Gasteiger partial charge in [0.2, 0.25) is 5.91 Å². The summed E-state index contributed by atoms with van der Waals surface area (Å²) < 4.78 is 10.9. The van der Waals surface area contributed by atoms with Gasteiger partial charge in [0.15, 0.2) is 5.78 Å². The lowest BCUT2D eigenvalue weighted by atomic mass is 9.80. The maximum absolute atomic E-state index is 13.6. The Labute approximate surface area is 186 Å². The van der Waals surface area contributed by atoms with Gasteiger partial charge in [-0.2, -0.15) is 0 Å². The quantitative estimate of drug-likeness (QED) is 0.620. The average Bonchev–Trinajstić information content (AvgIpc) is 3.29. The first-order valence-corrected chi connectivity index (χ1v) is 10.7. The summed E-state index contributed by atoms with van der Waals surface area (Å²) in [7, 11) is 1.61. The second kappa shape index (κ2) is 8.04. The Morgan fingerprint density at radius 1 is 1.06 bits per heavy atom. The molecule has 1 aliphatic carbocycles. The van der Waals surface area contributed by atoms with Crippen LogP contribution in [0.25, 0.3) is 0 Å². The van der Waals surface area contributed by atoms with Crippen molar-refractivity contribution in [3.63, 3.8) is 0 Å². The number of ketones is 1. The Morgan fingerprint density at radius 3 is 2.53 bits per heavy atom. The lowest BCUT2D eigenvalue weighted by molar-refractivity contribution is -0.117. The number of carbonyl (C=O) groups excluding carboxylic acids is 2. The van der Waals surface area contributed by atoms with Crippen molar-refractivity contribution < 1.29 is 18.7 Å². The highest BCUT2D eigenvalue weighted by Gasteiger charge is 2.41. The van der Waals surface area contributed by atoms with Gasteiger partial charge in [-0.05, 0) is 48.4 Å². The van der Waals surface area contributed by atoms with Gasteiger partial charge in [-0.1, -0.05) is 24.3 Å². The minimum absolute atomic E-state index is 0.0139. The van der Waals surface area contributed by atoms with E-state index >= 15 is 0 Å². The van der Waals surface area contributed by atoms with E-state index in [1.165, 1.54) is 6.92 Å². The molecule has 2 aromatic carbocycles. The maximum Gasteiger partial charge on any atom is 0.224 e. The molecule has 2 atom stereocenters. The number of fused-ring (bicyclic) bond motifs is 1. The lowest BCUT2D eigenvalue weighted by Gasteiger charge is -2.34. The van der Waals surface area contributed by atoms with E-state index in [4.69, 9.17) is 9.15 Å². The lowest BCUT2D eigenvalue weighted by Crippen LogP contribution is -2.37. The number of nitrogens with zero attached hydrogens (tertiary/aromatic N) is 1. The third-order valence-electron chi connectivity index (χ3n) is 6.20. The van der Waals surface area contributed by atoms with Crippen molar-refractivity contribution in [3.8, 4) is 5.75 Å². The van der Waals surface area contributed by atoms with E-state index in [2.05, 4.69) is 5.32 Å². The normalized spacial score (nSPS) is 20.2. The predicted octanol–water partition coefficient (Wildman–Crippen LogP) is 5.21. The minimum atomic E-state index is -0.533. The molecule has 32 heavy (non-hydrogen) atoms. The first kappa shape index (κ1) is 20.1. The van der Waals surface area contributed by atoms with Crippen LogP contribution in [0.4, 0.5) is 11.4 Å². The molecule has 2 aliphatic rings. The van der Waals surface area contributed by atoms with Crippen LogP contribution in [-0.2, 0) is 9.59 Å². The molecule has 1 amide bonds. The number of anilines is 2. The van der Waals surface area contributed by atoms with Crippen LogP contribution in [0.5, 0.6) is 5.75 Å². The van der Waals surface area contributed by atoms with Crippen molar-refractivity contribution in [1.82, 2.24) is 0 Å². The van der Waals surface area contributed by atoms with Gasteiger partial charge in [-0.3, -0.25) is 14.5 Å². The van der Waals surface area contributed by atoms with E-state index in [0.717, 1.165) is 34.1 Å². The molecule has 0 bridgehead atoms. The molecule has 5 rings (SSSR count). The Hall–Kier alpha value is -3.80. The van der Waals surface area contributed by atoms with Crippen LogP contribution in [0.3, 0.4) is 0 Å². The molecule has 6 heteroatoms. The maximum atomic E-state index is 13.6. The van der Waals surface area contributed by atoms with Crippen molar-refractivity contribution in [2.24, 2.45) is 0 Å². The fourth-order valence-electron chi connectivity index (χ4n) is 4.76. The topological polar surface area (TPSA) is 71.8 Å². The molecule has 0 fully saturated rings. The fourth-order valence-corrected chi connectivity index (χ4v) is 4.76. The van der Waals surface area contributed by atoms with Crippen molar-refractivity contribution in [3.05, 3.63) is 89.5 Å². The second-order valence-electron chi connectivity index (χ2n) is 8.14. The Morgan fingerprint density at radius 2 is 1.84 bits per heavy atom. The highest BCUT2D eigenvalue weighted by molar-refractivity contribution is 6.05. The van der Waals surface area contributed by atoms with Crippen LogP contribution in [0, 0.1) is 0 Å². The van der Waals surface area contributed by atoms with Crippen LogP contribution >= 0.6 is 0 Å². The molecule has 1 N–H and O–H groups in total. The molecule has 0 unspecified atom stereocenters. The van der Waals surface area contributed by atoms with Gasteiger partial charge >= 0.3 is 0 Å². The van der Waals surface area contributed by atoms with E-state index < -0.39 is 6.04 Å². The van der Waals surface area contributed by atoms with Crippen LogP contribution in [-0.4, -0.2) is 18.8 Å². The summed E-state index contributed by atoms with van der Waals surface area (Å²) in [5.74, 6) is 1.36. The zero-order valence-corrected chi connectivity index (χ0v) is 18.0. The number of allylic oxidation sites excluding steroid dienone is 1. The molecule has 0 saturated carbocycles. The molecule has 0 saturated heterocycles. The van der Waals surface area contributed by atoms with Gasteiger partial charge in [0.25, 0.3) is 0 Å². The zero-order valence-electron chi connectivity index (χ0n) is 18.0. The fraction of sp³-hybridized carbons (Fsp3) is 0.231. The number of carbonyl (C=O) groups is 2. The molecule has 6 nitrogen and oxygen atoms in total. The second-order valence-corrected chi connectivity index (χ2v) is 8.14. The summed E-state index contributed by atoms with van der Waals surface area (Å²) in [4.78, 5) is 28.3. The van der Waals surface area contributed by atoms with E-state index in [-0.39, 0.29) is 17.6 Å². The summed E-state index contributed by atoms with van der Waals surface area (Å²) in [6.07, 6.45) is 2.60. The number of nitrogens with one attached hydrogen (secondary N) is 1. The molecule has 1 aromatic heterocycles. The Kier molecular flexibility index (Phi) is 5.05. The number of benzene rings is 2. The molecule has 3 aromatic rings. The first-order valence-electron chi connectivity index (χ1n) is 10.7. The molecular weight excluding hydrogens is 404 g/mol. The standard InChI is InChI=1S/C26H24N2O4/c1-16(29)28-22-7-4-3-6-20(22)27-21-14-18(24-8-5-13-32-24)15-23(30)25(21)26(28)17-9-11-19(31-2)12-10-17/h3-13,18,26-27H,14-15H2,1-2H3/t18-,26-/m0/s1. The van der Waals surface area contributed by atoms with Gasteiger partial charge in [0, 0.05) is 30.5 Å². The zero-order chi connectivity index (χ0) is 22.2. The van der Waals surface area contributed by atoms with Crippen LogP contribution in [0.15, 0.2) is 82.6 Å². The molecule has 0 radical (unpaired) electrons. The van der Waals surface area contributed by atoms with Gasteiger partial charge < -0.3 is 14.5 Å². The number of amides is 1. The smallest absolute Gasteiger partial charge is 0.224 e. The molecule has 1 aliphatic heterocycles. The molecular formula is C26H24N2O4. The number of furan rings is 1. The number of hydrogen-bond donors (Lipinski definition) is 1. The van der Waals surface area contributed by atoms with Crippen LogP contribution < -0.4 is 15.0 Å². The van der Waals surface area contributed by atoms with E-state index in [1.807, 2.05) is 60.7 Å². The number of rotatable bonds is 3. The number of ether oxygens (including phenoxy) is 1. The first-order chi connectivity index (χ1) is 15.6. The Balaban J connectivity index is 1.70. The van der Waals surface area contributed by atoms with Gasteiger partial charge in [-0.25, -0.2) is 0 Å². The summed E-state index contributed by atoms with van der Waals surface area (Å²) in [5, 5.41) is 3.49.